The Morgan fingerprint density at radius 1 is 1.12 bits per heavy atom. The van der Waals surface area contributed by atoms with Gasteiger partial charge in [-0.1, -0.05) is 6.42 Å². The third-order valence-corrected chi connectivity index (χ3v) is 7.92. The van der Waals surface area contributed by atoms with Crippen LogP contribution < -0.4 is 9.62 Å². The summed E-state index contributed by atoms with van der Waals surface area (Å²) in [7, 11) is -3.88. The van der Waals surface area contributed by atoms with Crippen molar-refractivity contribution in [1.82, 2.24) is 19.5 Å². The van der Waals surface area contributed by atoms with Gasteiger partial charge < -0.3 is 9.47 Å². The number of sulfonamides is 1. The predicted molar refractivity (Wildman–Crippen MR) is 125 cm³/mol. The quantitative estimate of drug-likeness (QED) is 0.518. The van der Waals surface area contributed by atoms with E-state index in [9.17, 15) is 18.5 Å². The van der Waals surface area contributed by atoms with Crippen LogP contribution in [0.25, 0.3) is 0 Å². The zero-order chi connectivity index (χ0) is 23.8. The maximum Gasteiger partial charge on any atom is 0.293 e. The van der Waals surface area contributed by atoms with Gasteiger partial charge in [-0.05, 0) is 58.6 Å². The number of nitrogens with one attached hydrogen (secondary N) is 1. The molecule has 11 heteroatoms. The van der Waals surface area contributed by atoms with Crippen LogP contribution in [0.4, 0.5) is 11.4 Å². The molecular weight excluding hydrogens is 444 g/mol. The first-order valence-corrected chi connectivity index (χ1v) is 13.0. The third-order valence-electron chi connectivity index (χ3n) is 6.16. The molecule has 33 heavy (non-hydrogen) atoms. The highest BCUT2D eigenvalue weighted by Crippen LogP contribution is 2.36. The summed E-state index contributed by atoms with van der Waals surface area (Å²) in [6.45, 7) is 7.36. The second kappa shape index (κ2) is 9.02. The monoisotopic (exact) mass is 476 g/mol. The van der Waals surface area contributed by atoms with Crippen molar-refractivity contribution in [3.05, 3.63) is 40.0 Å². The Balaban J connectivity index is 1.62. The summed E-state index contributed by atoms with van der Waals surface area (Å²) >= 11 is 0. The predicted octanol–water partition coefficient (Wildman–Crippen LogP) is 3.37. The number of benzene rings is 1. The van der Waals surface area contributed by atoms with Gasteiger partial charge in [0.25, 0.3) is 5.69 Å². The van der Waals surface area contributed by atoms with Crippen molar-refractivity contribution in [3.8, 4) is 0 Å². The van der Waals surface area contributed by atoms with Crippen molar-refractivity contribution in [3.63, 3.8) is 0 Å². The molecule has 180 valence electrons. The number of piperidine rings is 1. The van der Waals surface area contributed by atoms with Crippen molar-refractivity contribution >= 4 is 21.4 Å². The van der Waals surface area contributed by atoms with Crippen molar-refractivity contribution in [1.29, 1.82) is 0 Å². The highest BCUT2D eigenvalue weighted by molar-refractivity contribution is 7.89. The Kier molecular flexibility index (Phi) is 6.45. The van der Waals surface area contributed by atoms with Crippen molar-refractivity contribution in [2.75, 3.05) is 18.0 Å². The molecule has 4 rings (SSSR count). The Morgan fingerprint density at radius 3 is 2.64 bits per heavy atom. The second-order valence-electron chi connectivity index (χ2n) is 9.99. The van der Waals surface area contributed by atoms with E-state index < -0.39 is 20.5 Å². The molecule has 0 radical (unpaired) electrons. The fourth-order valence-corrected chi connectivity index (χ4v) is 6.20. The molecule has 3 heterocycles. The maximum absolute atomic E-state index is 12.7. The molecule has 1 atom stereocenters. The summed E-state index contributed by atoms with van der Waals surface area (Å²) in [6.07, 6.45) is 6.18. The number of hydrogen-bond acceptors (Lipinski definition) is 7. The maximum atomic E-state index is 12.7. The molecular formula is C22H32N6O4S. The van der Waals surface area contributed by atoms with Gasteiger partial charge in [-0.3, -0.25) is 10.1 Å². The molecule has 1 fully saturated rings. The van der Waals surface area contributed by atoms with Crippen LogP contribution >= 0.6 is 0 Å². The minimum Gasteiger partial charge on any atom is -0.365 e. The molecule has 0 spiro atoms. The van der Waals surface area contributed by atoms with E-state index in [2.05, 4.69) is 19.5 Å². The summed E-state index contributed by atoms with van der Waals surface area (Å²) in [5, 5.41) is 20.8. The lowest BCUT2D eigenvalue weighted by Gasteiger charge is -2.34. The van der Waals surface area contributed by atoms with Gasteiger partial charge in [-0.15, -0.1) is 10.2 Å². The molecule has 0 saturated carbocycles. The van der Waals surface area contributed by atoms with Gasteiger partial charge in [0.1, 0.15) is 17.3 Å². The topological polar surface area (TPSA) is 123 Å². The zero-order valence-electron chi connectivity index (χ0n) is 19.5. The zero-order valence-corrected chi connectivity index (χ0v) is 20.3. The van der Waals surface area contributed by atoms with Gasteiger partial charge in [-0.2, -0.15) is 0 Å². The van der Waals surface area contributed by atoms with Crippen LogP contribution in [0.5, 0.6) is 0 Å². The van der Waals surface area contributed by atoms with E-state index in [0.717, 1.165) is 56.4 Å². The molecule has 0 aliphatic carbocycles. The summed E-state index contributed by atoms with van der Waals surface area (Å²) in [5.74, 6) is 2.13. The average molecular weight is 477 g/mol. The molecule has 0 bridgehead atoms. The van der Waals surface area contributed by atoms with Crippen LogP contribution in [-0.2, 0) is 23.0 Å². The molecule has 10 nitrogen and oxygen atoms in total. The van der Waals surface area contributed by atoms with Crippen LogP contribution in [0.2, 0.25) is 0 Å². The van der Waals surface area contributed by atoms with E-state index in [4.69, 9.17) is 0 Å². The van der Waals surface area contributed by atoms with Gasteiger partial charge in [-0.25, -0.2) is 13.1 Å². The number of anilines is 1. The number of hydrogen-bond donors (Lipinski definition) is 1. The van der Waals surface area contributed by atoms with Crippen molar-refractivity contribution in [2.45, 2.75) is 82.2 Å². The van der Waals surface area contributed by atoms with Crippen LogP contribution in [0.1, 0.15) is 70.4 Å². The Bertz CT molecular complexity index is 1140. The number of nitro benzene ring substituents is 1. The fraction of sp³-hybridized carbons (Fsp3) is 0.636. The van der Waals surface area contributed by atoms with Gasteiger partial charge in [0.2, 0.25) is 10.0 Å². The van der Waals surface area contributed by atoms with Gasteiger partial charge in [0.05, 0.1) is 9.82 Å². The smallest absolute Gasteiger partial charge is 0.293 e. The van der Waals surface area contributed by atoms with E-state index in [1.807, 2.05) is 4.90 Å². The number of nitrogens with zero attached hydrogens (tertiary/aromatic N) is 5. The molecule has 2 aromatic rings. The average Bonchev–Trinajstić information content (AvgIpc) is 3.00. The third kappa shape index (κ3) is 5.19. The van der Waals surface area contributed by atoms with Crippen LogP contribution in [0, 0.1) is 10.1 Å². The Hall–Kier alpha value is -2.53. The lowest BCUT2D eigenvalue weighted by molar-refractivity contribution is -0.384. The molecule has 1 saturated heterocycles. The molecule has 1 aromatic carbocycles. The van der Waals surface area contributed by atoms with E-state index >= 15 is 0 Å². The van der Waals surface area contributed by atoms with Gasteiger partial charge in [0.15, 0.2) is 0 Å². The summed E-state index contributed by atoms with van der Waals surface area (Å²) in [4.78, 5) is 13.3. The summed E-state index contributed by atoms with van der Waals surface area (Å²) in [5.41, 5.74) is -0.453. The minimum absolute atomic E-state index is 0.107. The Morgan fingerprint density at radius 2 is 1.91 bits per heavy atom. The second-order valence-corrected chi connectivity index (χ2v) is 11.7. The van der Waals surface area contributed by atoms with E-state index in [1.54, 1.807) is 26.8 Å². The summed E-state index contributed by atoms with van der Waals surface area (Å²) in [6, 6.07) is 4.17. The first-order valence-electron chi connectivity index (χ1n) is 11.5. The molecule has 1 N–H and O–H groups in total. The molecule has 1 unspecified atom stereocenters. The van der Waals surface area contributed by atoms with E-state index in [0.29, 0.717) is 18.8 Å². The first kappa shape index (κ1) is 23.6. The molecule has 2 aliphatic rings. The fourth-order valence-electron chi connectivity index (χ4n) is 4.76. The molecule has 2 aliphatic heterocycles. The van der Waals surface area contributed by atoms with Crippen LogP contribution in [-0.4, -0.2) is 46.7 Å². The number of aromatic nitrogens is 3. The SMILES string of the molecule is CC(C)(C)NS(=O)(=O)c1ccc(N2CCCC(c3nnc4n3CCCCC4)C2)c([N+](=O)[O-])c1. The highest BCUT2D eigenvalue weighted by Gasteiger charge is 2.32. The largest absolute Gasteiger partial charge is 0.365 e. The number of rotatable bonds is 5. The summed E-state index contributed by atoms with van der Waals surface area (Å²) < 4.78 is 30.2. The van der Waals surface area contributed by atoms with Crippen LogP contribution in [0.15, 0.2) is 23.1 Å². The highest BCUT2D eigenvalue weighted by atomic mass is 32.2. The standard InChI is InChI=1S/C22H32N6O4S/c1-22(2,3)25-33(31,32)17-10-11-18(19(14-17)28(29)30)26-12-7-8-16(15-26)21-24-23-20-9-5-4-6-13-27(20)21/h10-11,14,16,25H,4-9,12-13,15H2,1-3H3. The van der Waals surface area contributed by atoms with Crippen molar-refractivity contribution < 1.29 is 13.3 Å². The van der Waals surface area contributed by atoms with E-state index in [1.165, 1.54) is 12.5 Å². The molecule has 0 amide bonds. The molecule has 1 aromatic heterocycles. The van der Waals surface area contributed by atoms with E-state index in [-0.39, 0.29) is 16.5 Å². The first-order chi connectivity index (χ1) is 15.5. The number of nitro groups is 1. The lowest BCUT2D eigenvalue weighted by atomic mass is 9.96. The Labute approximate surface area is 194 Å². The normalized spacial score (nSPS) is 19.7. The van der Waals surface area contributed by atoms with Gasteiger partial charge >= 0.3 is 0 Å². The number of fused-ring (bicyclic) bond motifs is 1. The van der Waals surface area contributed by atoms with Gasteiger partial charge in [0, 0.05) is 43.6 Å². The number of aryl methyl sites for hydroxylation is 1. The lowest BCUT2D eigenvalue weighted by Crippen LogP contribution is -2.40. The van der Waals surface area contributed by atoms with Crippen LogP contribution in [0.3, 0.4) is 0 Å². The minimum atomic E-state index is -3.88. The van der Waals surface area contributed by atoms with Crippen molar-refractivity contribution in [2.24, 2.45) is 0 Å².